The van der Waals surface area contributed by atoms with E-state index in [2.05, 4.69) is 24.1 Å². The van der Waals surface area contributed by atoms with Crippen molar-refractivity contribution in [3.05, 3.63) is 0 Å². The molecule has 2 heterocycles. The Labute approximate surface area is 104 Å². The second-order valence-corrected chi connectivity index (χ2v) is 5.66. The van der Waals surface area contributed by atoms with Gasteiger partial charge in [-0.05, 0) is 38.3 Å². The Morgan fingerprint density at radius 1 is 1.47 bits per heavy atom. The van der Waals surface area contributed by atoms with Crippen LogP contribution < -0.4 is 5.32 Å². The lowest BCUT2D eigenvalue weighted by molar-refractivity contribution is -0.134. The molecule has 0 spiro atoms. The highest BCUT2D eigenvalue weighted by atomic mass is 16.2. The van der Waals surface area contributed by atoms with E-state index in [0.29, 0.717) is 6.04 Å². The first kappa shape index (κ1) is 12.8. The maximum absolute atomic E-state index is 12.1. The van der Waals surface area contributed by atoms with Gasteiger partial charge in [-0.25, -0.2) is 0 Å². The third kappa shape index (κ3) is 2.20. The largest absolute Gasteiger partial charge is 0.347 e. The molecular formula is C13H25N3O. The van der Waals surface area contributed by atoms with Gasteiger partial charge in [0.1, 0.15) is 0 Å². The maximum Gasteiger partial charge on any atom is 0.239 e. The zero-order valence-corrected chi connectivity index (χ0v) is 11.4. The average Bonchev–Trinajstić information content (AvgIpc) is 2.85. The normalized spacial score (nSPS) is 34.7. The lowest BCUT2D eigenvalue weighted by Crippen LogP contribution is -2.48. The number of likely N-dealkylation sites (tertiary alicyclic amines) is 1. The number of carbonyl (C=O) groups is 1. The van der Waals surface area contributed by atoms with Gasteiger partial charge in [-0.15, -0.1) is 0 Å². The molecule has 0 radical (unpaired) electrons. The standard InChI is InChI=1S/C13H25N3O/c1-5-12-11-7-14-6-10(11)8-16(12)9(2)13(17)15(3)4/h9-12,14H,5-8H2,1-4H3. The molecule has 0 aromatic heterocycles. The van der Waals surface area contributed by atoms with E-state index in [1.54, 1.807) is 4.90 Å². The second-order valence-electron chi connectivity index (χ2n) is 5.66. The number of fused-ring (bicyclic) bond motifs is 1. The quantitative estimate of drug-likeness (QED) is 0.774. The summed E-state index contributed by atoms with van der Waals surface area (Å²) in [6, 6.07) is 0.606. The van der Waals surface area contributed by atoms with E-state index in [-0.39, 0.29) is 11.9 Å². The zero-order chi connectivity index (χ0) is 12.6. The van der Waals surface area contributed by atoms with Gasteiger partial charge in [-0.2, -0.15) is 0 Å². The summed E-state index contributed by atoms with van der Waals surface area (Å²) in [7, 11) is 3.69. The number of likely N-dealkylation sites (N-methyl/N-ethyl adjacent to an activating group) is 1. The van der Waals surface area contributed by atoms with E-state index in [4.69, 9.17) is 0 Å². The molecule has 2 saturated heterocycles. The van der Waals surface area contributed by atoms with Crippen LogP contribution in [0.15, 0.2) is 0 Å². The second kappa shape index (κ2) is 4.94. The molecule has 4 nitrogen and oxygen atoms in total. The van der Waals surface area contributed by atoms with E-state index in [0.717, 1.165) is 37.9 Å². The predicted molar refractivity (Wildman–Crippen MR) is 68.8 cm³/mol. The fourth-order valence-corrected chi connectivity index (χ4v) is 3.55. The molecule has 2 aliphatic heterocycles. The highest BCUT2D eigenvalue weighted by molar-refractivity contribution is 5.81. The van der Waals surface area contributed by atoms with Crippen LogP contribution in [-0.2, 0) is 4.79 Å². The van der Waals surface area contributed by atoms with E-state index in [9.17, 15) is 4.79 Å². The minimum Gasteiger partial charge on any atom is -0.347 e. The number of hydrogen-bond acceptors (Lipinski definition) is 3. The molecule has 0 saturated carbocycles. The van der Waals surface area contributed by atoms with Crippen LogP contribution in [-0.4, -0.2) is 61.5 Å². The first-order valence-corrected chi connectivity index (χ1v) is 6.73. The Bertz CT molecular complexity index is 292. The molecule has 2 fully saturated rings. The van der Waals surface area contributed by atoms with Crippen molar-refractivity contribution in [2.24, 2.45) is 11.8 Å². The van der Waals surface area contributed by atoms with Gasteiger partial charge in [0, 0.05) is 26.7 Å². The van der Waals surface area contributed by atoms with Gasteiger partial charge < -0.3 is 10.2 Å². The fraction of sp³-hybridized carbons (Fsp3) is 0.923. The van der Waals surface area contributed by atoms with E-state index >= 15 is 0 Å². The van der Waals surface area contributed by atoms with Gasteiger partial charge in [0.25, 0.3) is 0 Å². The first-order chi connectivity index (χ1) is 8.06. The Morgan fingerprint density at radius 2 is 2.18 bits per heavy atom. The van der Waals surface area contributed by atoms with Crippen LogP contribution >= 0.6 is 0 Å². The first-order valence-electron chi connectivity index (χ1n) is 6.73. The summed E-state index contributed by atoms with van der Waals surface area (Å²) in [5.41, 5.74) is 0. The molecule has 0 aliphatic carbocycles. The number of hydrogen-bond donors (Lipinski definition) is 1. The third-order valence-electron chi connectivity index (χ3n) is 4.47. The van der Waals surface area contributed by atoms with Gasteiger partial charge >= 0.3 is 0 Å². The molecule has 0 aromatic carbocycles. The van der Waals surface area contributed by atoms with Crippen molar-refractivity contribution < 1.29 is 4.79 Å². The van der Waals surface area contributed by atoms with Crippen LogP contribution in [0.2, 0.25) is 0 Å². The van der Waals surface area contributed by atoms with Crippen LogP contribution in [0.1, 0.15) is 20.3 Å². The molecule has 1 amide bonds. The monoisotopic (exact) mass is 239 g/mol. The SMILES string of the molecule is CCC1C2CNCC2CN1C(C)C(=O)N(C)C. The molecule has 2 aliphatic rings. The maximum atomic E-state index is 12.1. The summed E-state index contributed by atoms with van der Waals surface area (Å²) >= 11 is 0. The lowest BCUT2D eigenvalue weighted by atomic mass is 9.92. The Balaban J connectivity index is 2.08. The molecule has 4 unspecified atom stereocenters. The van der Waals surface area contributed by atoms with Crippen LogP contribution in [0, 0.1) is 11.8 Å². The summed E-state index contributed by atoms with van der Waals surface area (Å²) in [5, 5.41) is 3.48. The Hall–Kier alpha value is -0.610. The lowest BCUT2D eigenvalue weighted by Gasteiger charge is -2.32. The number of rotatable bonds is 3. The van der Waals surface area contributed by atoms with E-state index in [1.807, 2.05) is 14.1 Å². The number of nitrogens with one attached hydrogen (secondary N) is 1. The molecule has 4 heteroatoms. The minimum atomic E-state index is 0.0283. The number of nitrogens with zero attached hydrogens (tertiary/aromatic N) is 2. The van der Waals surface area contributed by atoms with Crippen LogP contribution in [0.3, 0.4) is 0 Å². The summed E-state index contributed by atoms with van der Waals surface area (Å²) in [4.78, 5) is 16.2. The van der Waals surface area contributed by atoms with Crippen molar-refractivity contribution in [3.63, 3.8) is 0 Å². The van der Waals surface area contributed by atoms with Gasteiger partial charge in [-0.1, -0.05) is 6.92 Å². The van der Waals surface area contributed by atoms with E-state index < -0.39 is 0 Å². The van der Waals surface area contributed by atoms with Crippen molar-refractivity contribution in [2.75, 3.05) is 33.7 Å². The van der Waals surface area contributed by atoms with Crippen LogP contribution in [0.25, 0.3) is 0 Å². The average molecular weight is 239 g/mol. The number of carbonyl (C=O) groups excluding carboxylic acids is 1. The summed E-state index contributed by atoms with van der Waals surface area (Å²) in [6.07, 6.45) is 1.15. The fourth-order valence-electron chi connectivity index (χ4n) is 3.55. The van der Waals surface area contributed by atoms with Crippen molar-refractivity contribution in [2.45, 2.75) is 32.4 Å². The molecule has 98 valence electrons. The van der Waals surface area contributed by atoms with Gasteiger partial charge in [0.2, 0.25) is 5.91 Å². The highest BCUT2D eigenvalue weighted by Crippen LogP contribution is 2.35. The zero-order valence-electron chi connectivity index (χ0n) is 11.4. The summed E-state index contributed by atoms with van der Waals surface area (Å²) in [6.45, 7) is 7.63. The van der Waals surface area contributed by atoms with Gasteiger partial charge in [0.05, 0.1) is 6.04 Å². The van der Waals surface area contributed by atoms with Gasteiger partial charge in [0.15, 0.2) is 0 Å². The van der Waals surface area contributed by atoms with Crippen LogP contribution in [0.5, 0.6) is 0 Å². The molecule has 4 atom stereocenters. The predicted octanol–water partition coefficient (Wildman–Crippen LogP) is 0.393. The topological polar surface area (TPSA) is 35.6 Å². The molecule has 1 N–H and O–H groups in total. The Morgan fingerprint density at radius 3 is 2.76 bits per heavy atom. The summed E-state index contributed by atoms with van der Waals surface area (Å²) in [5.74, 6) is 1.73. The van der Waals surface area contributed by atoms with Gasteiger partial charge in [-0.3, -0.25) is 9.69 Å². The van der Waals surface area contributed by atoms with Crippen molar-refractivity contribution in [1.29, 1.82) is 0 Å². The highest BCUT2D eigenvalue weighted by Gasteiger charge is 2.45. The molecule has 0 aromatic rings. The molecule has 2 rings (SSSR count). The van der Waals surface area contributed by atoms with Crippen molar-refractivity contribution >= 4 is 5.91 Å². The van der Waals surface area contributed by atoms with Crippen LogP contribution in [0.4, 0.5) is 0 Å². The minimum absolute atomic E-state index is 0.0283. The molecule has 0 bridgehead atoms. The number of amides is 1. The molecule has 17 heavy (non-hydrogen) atoms. The van der Waals surface area contributed by atoms with Crippen molar-refractivity contribution in [3.8, 4) is 0 Å². The molecular weight excluding hydrogens is 214 g/mol. The third-order valence-corrected chi connectivity index (χ3v) is 4.47. The Kier molecular flexibility index (Phi) is 3.73. The summed E-state index contributed by atoms with van der Waals surface area (Å²) < 4.78 is 0. The van der Waals surface area contributed by atoms with Crippen molar-refractivity contribution in [1.82, 2.24) is 15.1 Å². The van der Waals surface area contributed by atoms with E-state index in [1.165, 1.54) is 0 Å². The smallest absolute Gasteiger partial charge is 0.239 e.